The van der Waals surface area contributed by atoms with Gasteiger partial charge in [-0.05, 0) is 0 Å². The average molecular weight is 208 g/mol. The Hall–Kier alpha value is 0.831. The minimum absolute atomic E-state index is 0. The molecule has 0 aliphatic carbocycles. The molecule has 0 rings (SSSR count). The molecule has 0 fully saturated rings. The zero-order chi connectivity index (χ0) is 10.4. The van der Waals surface area contributed by atoms with Gasteiger partial charge >= 0.3 is 23.1 Å². The van der Waals surface area contributed by atoms with E-state index >= 15 is 0 Å². The third kappa shape index (κ3) is 10.9. The van der Waals surface area contributed by atoms with Crippen LogP contribution in [0.5, 0.6) is 0 Å². The van der Waals surface area contributed by atoms with Gasteiger partial charge in [0.15, 0.2) is 0 Å². The van der Waals surface area contributed by atoms with E-state index < -0.39 is 0 Å². The van der Waals surface area contributed by atoms with Gasteiger partial charge in [0.1, 0.15) is 6.71 Å². The van der Waals surface area contributed by atoms with E-state index in [4.69, 9.17) is 0 Å². The average Bonchev–Trinajstić information content (AvgIpc) is 1.80. The second kappa shape index (κ2) is 9.09. The van der Waals surface area contributed by atoms with Crippen LogP contribution in [0.2, 0.25) is 19.0 Å². The summed E-state index contributed by atoms with van der Waals surface area (Å²) in [6.07, 6.45) is 4.24. The van der Waals surface area contributed by atoms with Crippen LogP contribution in [0, 0.1) is 17.8 Å². The fraction of sp³-hybridized carbons (Fsp3) is 1.00. The molecule has 0 spiro atoms. The largest absolute Gasteiger partial charge is 2.00 e. The van der Waals surface area contributed by atoms with Crippen LogP contribution in [-0.4, -0.2) is 29.8 Å². The van der Waals surface area contributed by atoms with Crippen LogP contribution in [0.3, 0.4) is 0 Å². The molecule has 14 heavy (non-hydrogen) atoms. The molecule has 0 bridgehead atoms. The van der Waals surface area contributed by atoms with Gasteiger partial charge in [-0.1, -0.05) is 78.3 Å². The Bertz CT molecular complexity index is 106. The number of hydrogen-bond acceptors (Lipinski definition) is 0. The number of hydrogen-bond donors (Lipinski definition) is 0. The van der Waals surface area contributed by atoms with Crippen LogP contribution >= 0.6 is 0 Å². The Morgan fingerprint density at radius 3 is 1.07 bits per heavy atom. The first-order valence-corrected chi connectivity index (χ1v) is 5.91. The first-order chi connectivity index (χ1) is 5.91. The molecule has 0 atom stereocenters. The summed E-state index contributed by atoms with van der Waals surface area (Å²) in [5.41, 5.74) is 0. The Morgan fingerprint density at radius 1 is 0.714 bits per heavy atom. The van der Waals surface area contributed by atoms with E-state index in [2.05, 4.69) is 41.5 Å². The van der Waals surface area contributed by atoms with E-state index in [1.807, 2.05) is 0 Å². The third-order valence-corrected chi connectivity index (χ3v) is 2.41. The van der Waals surface area contributed by atoms with Gasteiger partial charge < -0.3 is 2.85 Å². The number of rotatable bonds is 6. The summed E-state index contributed by atoms with van der Waals surface area (Å²) in [6, 6.07) is 0. The van der Waals surface area contributed by atoms with Crippen LogP contribution in [-0.2, 0) is 0 Å². The first-order valence-electron chi connectivity index (χ1n) is 5.91. The standard InChI is InChI=1S/C12H27B.Mg.2H/c1-10(2)7-13(8-11(3)4)9-12(5)6;;;/h10-12H,7-9H2,1-6H3;;;/q;+2;2*-1. The minimum Gasteiger partial charge on any atom is -1.00 e. The fourth-order valence-electron chi connectivity index (χ4n) is 2.29. The van der Waals surface area contributed by atoms with E-state index in [-0.39, 0.29) is 25.9 Å². The van der Waals surface area contributed by atoms with E-state index in [9.17, 15) is 0 Å². The molecule has 0 aliphatic rings. The maximum absolute atomic E-state index is 2.34. The smallest absolute Gasteiger partial charge is 1.00 e. The SMILES string of the molecule is CC(C)CB(CC(C)C)CC(C)C.[H-].[H-].[Mg+2]. The molecular formula is C12H29BMg. The second-order valence-electron chi connectivity index (χ2n) is 5.75. The van der Waals surface area contributed by atoms with Crippen LogP contribution in [0.1, 0.15) is 44.4 Å². The molecule has 0 unspecified atom stereocenters. The predicted octanol–water partition coefficient (Wildman–Crippen LogP) is 4.29. The summed E-state index contributed by atoms with van der Waals surface area (Å²) in [4.78, 5) is 0. The van der Waals surface area contributed by atoms with Crippen molar-refractivity contribution in [2.24, 2.45) is 17.8 Å². The van der Waals surface area contributed by atoms with Crippen molar-refractivity contribution in [2.45, 2.75) is 60.5 Å². The van der Waals surface area contributed by atoms with Crippen molar-refractivity contribution in [1.29, 1.82) is 0 Å². The molecule has 0 amide bonds. The summed E-state index contributed by atoms with van der Waals surface area (Å²) in [6.45, 7) is 15.0. The molecule has 0 aromatic rings. The zero-order valence-corrected chi connectivity index (χ0v) is 12.6. The topological polar surface area (TPSA) is 0 Å². The molecule has 0 heterocycles. The van der Waals surface area contributed by atoms with E-state index in [1.165, 1.54) is 19.0 Å². The molecule has 0 aromatic heterocycles. The van der Waals surface area contributed by atoms with Crippen LogP contribution in [0.25, 0.3) is 0 Å². The van der Waals surface area contributed by atoms with Crippen molar-refractivity contribution < 1.29 is 2.85 Å². The molecule has 0 aromatic carbocycles. The van der Waals surface area contributed by atoms with Crippen molar-refractivity contribution >= 4 is 29.8 Å². The zero-order valence-electron chi connectivity index (χ0n) is 13.1. The molecule has 0 radical (unpaired) electrons. The summed E-state index contributed by atoms with van der Waals surface area (Å²) in [5.74, 6) is 2.59. The molecule has 82 valence electrons. The van der Waals surface area contributed by atoms with E-state index in [0.717, 1.165) is 24.5 Å². The van der Waals surface area contributed by atoms with Crippen molar-refractivity contribution in [2.75, 3.05) is 0 Å². The minimum atomic E-state index is 0. The Kier molecular flexibility index (Phi) is 11.2. The Morgan fingerprint density at radius 2 is 0.929 bits per heavy atom. The van der Waals surface area contributed by atoms with Crippen LogP contribution < -0.4 is 0 Å². The Labute approximate surface area is 111 Å². The summed E-state index contributed by atoms with van der Waals surface area (Å²) < 4.78 is 0. The van der Waals surface area contributed by atoms with Crippen molar-refractivity contribution in [3.8, 4) is 0 Å². The molecule has 0 N–H and O–H groups in total. The first kappa shape index (κ1) is 17.2. The maximum atomic E-state index is 2.34. The molecule has 2 heteroatoms. The second-order valence-corrected chi connectivity index (χ2v) is 5.75. The summed E-state index contributed by atoms with van der Waals surface area (Å²) in [7, 11) is 0. The van der Waals surface area contributed by atoms with Gasteiger partial charge in [0, 0.05) is 0 Å². The maximum Gasteiger partial charge on any atom is 2.00 e. The van der Waals surface area contributed by atoms with Crippen molar-refractivity contribution in [3.63, 3.8) is 0 Å². The van der Waals surface area contributed by atoms with Crippen molar-refractivity contribution in [3.05, 3.63) is 0 Å². The molecule has 0 nitrogen and oxygen atoms in total. The fourth-order valence-corrected chi connectivity index (χ4v) is 2.29. The molecule has 0 saturated heterocycles. The molecule has 0 saturated carbocycles. The van der Waals surface area contributed by atoms with Gasteiger partial charge in [0.2, 0.25) is 0 Å². The monoisotopic (exact) mass is 208 g/mol. The van der Waals surface area contributed by atoms with Gasteiger partial charge in [-0.15, -0.1) is 0 Å². The van der Waals surface area contributed by atoms with Crippen LogP contribution in [0.15, 0.2) is 0 Å². The molecule has 0 aliphatic heterocycles. The molecular weight excluding hydrogens is 179 g/mol. The van der Waals surface area contributed by atoms with E-state index in [1.54, 1.807) is 0 Å². The summed E-state index contributed by atoms with van der Waals surface area (Å²) >= 11 is 0. The van der Waals surface area contributed by atoms with Gasteiger partial charge in [-0.3, -0.25) is 0 Å². The van der Waals surface area contributed by atoms with Gasteiger partial charge in [0.25, 0.3) is 0 Å². The van der Waals surface area contributed by atoms with Gasteiger partial charge in [-0.2, -0.15) is 0 Å². The Balaban J connectivity index is -0.000000240. The van der Waals surface area contributed by atoms with Crippen molar-refractivity contribution in [1.82, 2.24) is 0 Å². The van der Waals surface area contributed by atoms with E-state index in [0.29, 0.717) is 0 Å². The quantitative estimate of drug-likeness (QED) is 0.571. The van der Waals surface area contributed by atoms with Gasteiger partial charge in [-0.25, -0.2) is 0 Å². The normalized spacial score (nSPS) is 10.9. The summed E-state index contributed by atoms with van der Waals surface area (Å²) in [5, 5.41) is 0. The third-order valence-electron chi connectivity index (χ3n) is 2.41. The van der Waals surface area contributed by atoms with Crippen LogP contribution in [0.4, 0.5) is 0 Å². The predicted molar refractivity (Wildman–Crippen MR) is 72.7 cm³/mol. The van der Waals surface area contributed by atoms with Gasteiger partial charge in [0.05, 0.1) is 0 Å².